The van der Waals surface area contributed by atoms with Crippen molar-refractivity contribution < 1.29 is 17.9 Å². The monoisotopic (exact) mass is 387 g/mol. The second-order valence-electron chi connectivity index (χ2n) is 5.62. The second-order valence-corrected chi connectivity index (χ2v) is 7.93. The number of rotatable bonds is 7. The summed E-state index contributed by atoms with van der Waals surface area (Å²) >= 11 is 5.24. The van der Waals surface area contributed by atoms with Crippen LogP contribution in [0.15, 0.2) is 23.1 Å². The van der Waals surface area contributed by atoms with Crippen molar-refractivity contribution >= 4 is 33.0 Å². The Labute approximate surface area is 154 Å². The lowest BCUT2D eigenvalue weighted by atomic mass is 10.3. The fourth-order valence-corrected chi connectivity index (χ4v) is 4.25. The molecule has 0 spiro atoms. The van der Waals surface area contributed by atoms with E-state index in [0.717, 1.165) is 19.4 Å². The Kier molecular flexibility index (Phi) is 7.42. The number of anilines is 1. The van der Waals surface area contributed by atoms with Crippen molar-refractivity contribution in [1.82, 2.24) is 9.62 Å². The first-order valence-corrected chi connectivity index (χ1v) is 10.1. The zero-order valence-electron chi connectivity index (χ0n) is 14.6. The van der Waals surface area contributed by atoms with Gasteiger partial charge in [0.1, 0.15) is 10.6 Å². The van der Waals surface area contributed by atoms with Gasteiger partial charge >= 0.3 is 0 Å². The fraction of sp³-hybridized carbons (Fsp3) is 0.562. The summed E-state index contributed by atoms with van der Waals surface area (Å²) in [6.45, 7) is 4.33. The van der Waals surface area contributed by atoms with Crippen LogP contribution in [-0.2, 0) is 14.8 Å². The highest BCUT2D eigenvalue weighted by atomic mass is 32.2. The minimum absolute atomic E-state index is 0.123. The third kappa shape index (κ3) is 5.27. The molecular formula is C16H25N3O4S2. The molecule has 1 aromatic carbocycles. The number of methoxy groups -OCH3 is 1. The van der Waals surface area contributed by atoms with Crippen LogP contribution >= 0.6 is 12.2 Å². The van der Waals surface area contributed by atoms with Crippen molar-refractivity contribution in [3.05, 3.63) is 18.2 Å². The largest absolute Gasteiger partial charge is 0.495 e. The standard InChI is InChI=1S/C16H25N3O4S2/c1-3-4-7-17-16(24)18-13-5-6-14(22-2)15(12-13)25(20,21)19-8-10-23-11-9-19/h5-6,12H,3-4,7-11H2,1-2H3,(H2,17,18,24). The predicted octanol–water partition coefficient (Wildman–Crippen LogP) is 1.80. The van der Waals surface area contributed by atoms with Crippen LogP contribution in [0.1, 0.15) is 19.8 Å². The summed E-state index contributed by atoms with van der Waals surface area (Å²) in [6, 6.07) is 4.92. The summed E-state index contributed by atoms with van der Waals surface area (Å²) in [5.41, 5.74) is 0.599. The molecule has 2 N–H and O–H groups in total. The van der Waals surface area contributed by atoms with Gasteiger partial charge in [-0.15, -0.1) is 0 Å². The summed E-state index contributed by atoms with van der Waals surface area (Å²) in [7, 11) is -2.20. The molecule has 1 heterocycles. The molecule has 0 aromatic heterocycles. The van der Waals surface area contributed by atoms with Gasteiger partial charge in [0.2, 0.25) is 10.0 Å². The second kappa shape index (κ2) is 9.33. The molecule has 2 rings (SSSR count). The first kappa shape index (κ1) is 19.9. The average Bonchev–Trinajstić information content (AvgIpc) is 2.62. The molecule has 140 valence electrons. The van der Waals surface area contributed by atoms with Gasteiger partial charge in [-0.05, 0) is 36.8 Å². The molecule has 0 bridgehead atoms. The molecule has 1 aliphatic heterocycles. The number of nitrogens with one attached hydrogen (secondary N) is 2. The number of unbranched alkanes of at least 4 members (excludes halogenated alkanes) is 1. The molecule has 0 saturated carbocycles. The van der Waals surface area contributed by atoms with Crippen molar-refractivity contribution in [2.75, 3.05) is 45.3 Å². The molecule has 0 radical (unpaired) electrons. The molecule has 1 aliphatic rings. The number of nitrogens with zero attached hydrogens (tertiary/aromatic N) is 1. The fourth-order valence-electron chi connectivity index (χ4n) is 2.44. The third-order valence-corrected chi connectivity index (χ3v) is 5.99. The normalized spacial score (nSPS) is 15.6. The number of hydrogen-bond donors (Lipinski definition) is 2. The zero-order chi connectivity index (χ0) is 18.3. The van der Waals surface area contributed by atoms with Gasteiger partial charge < -0.3 is 20.1 Å². The van der Waals surface area contributed by atoms with Gasteiger partial charge in [0.15, 0.2) is 5.11 Å². The van der Waals surface area contributed by atoms with E-state index in [1.807, 2.05) is 0 Å². The van der Waals surface area contributed by atoms with E-state index in [1.54, 1.807) is 18.2 Å². The van der Waals surface area contributed by atoms with Gasteiger partial charge in [-0.1, -0.05) is 13.3 Å². The lowest BCUT2D eigenvalue weighted by molar-refractivity contribution is 0.0729. The quantitative estimate of drug-likeness (QED) is 0.545. The van der Waals surface area contributed by atoms with Gasteiger partial charge in [-0.25, -0.2) is 8.42 Å². The van der Waals surface area contributed by atoms with Crippen LogP contribution in [0, 0.1) is 0 Å². The van der Waals surface area contributed by atoms with Crippen LogP contribution in [0.2, 0.25) is 0 Å². The topological polar surface area (TPSA) is 79.9 Å². The Bertz CT molecular complexity index is 689. The summed E-state index contributed by atoms with van der Waals surface area (Å²) in [6.07, 6.45) is 2.08. The van der Waals surface area contributed by atoms with E-state index in [4.69, 9.17) is 21.7 Å². The van der Waals surface area contributed by atoms with E-state index in [9.17, 15) is 8.42 Å². The number of thiocarbonyl (C=S) groups is 1. The number of ether oxygens (including phenoxy) is 2. The smallest absolute Gasteiger partial charge is 0.246 e. The maximum atomic E-state index is 12.9. The Morgan fingerprint density at radius 3 is 2.72 bits per heavy atom. The Morgan fingerprint density at radius 2 is 2.08 bits per heavy atom. The van der Waals surface area contributed by atoms with Crippen LogP contribution in [0.3, 0.4) is 0 Å². The van der Waals surface area contributed by atoms with Gasteiger partial charge in [0, 0.05) is 25.3 Å². The molecule has 1 aromatic rings. The van der Waals surface area contributed by atoms with Crippen molar-refractivity contribution in [2.45, 2.75) is 24.7 Å². The third-order valence-electron chi connectivity index (χ3n) is 3.83. The molecule has 1 fully saturated rings. The highest BCUT2D eigenvalue weighted by molar-refractivity contribution is 7.89. The minimum atomic E-state index is -3.66. The van der Waals surface area contributed by atoms with Gasteiger partial charge in [-0.3, -0.25) is 0 Å². The van der Waals surface area contributed by atoms with Gasteiger partial charge in [0.05, 0.1) is 20.3 Å². The summed E-state index contributed by atoms with van der Waals surface area (Å²) < 4.78 is 37.8. The molecular weight excluding hydrogens is 362 g/mol. The van der Waals surface area contributed by atoms with Gasteiger partial charge in [0.25, 0.3) is 0 Å². The molecule has 0 amide bonds. The maximum absolute atomic E-state index is 12.9. The SMILES string of the molecule is CCCCNC(=S)Nc1ccc(OC)c(S(=O)(=O)N2CCOCC2)c1. The summed E-state index contributed by atoms with van der Waals surface area (Å²) in [5, 5.41) is 6.59. The lowest BCUT2D eigenvalue weighted by Crippen LogP contribution is -2.40. The first-order valence-electron chi connectivity index (χ1n) is 8.30. The number of morpholine rings is 1. The number of sulfonamides is 1. The zero-order valence-corrected chi connectivity index (χ0v) is 16.2. The number of hydrogen-bond acceptors (Lipinski definition) is 5. The van der Waals surface area contributed by atoms with E-state index in [0.29, 0.717) is 42.9 Å². The van der Waals surface area contributed by atoms with E-state index < -0.39 is 10.0 Å². The minimum Gasteiger partial charge on any atom is -0.495 e. The van der Waals surface area contributed by atoms with Gasteiger partial charge in [-0.2, -0.15) is 4.31 Å². The van der Waals surface area contributed by atoms with E-state index in [2.05, 4.69) is 17.6 Å². The Hall–Kier alpha value is -1.42. The Morgan fingerprint density at radius 1 is 1.36 bits per heavy atom. The molecule has 1 saturated heterocycles. The predicted molar refractivity (Wildman–Crippen MR) is 102 cm³/mol. The molecule has 25 heavy (non-hydrogen) atoms. The van der Waals surface area contributed by atoms with Crippen molar-refractivity contribution in [3.8, 4) is 5.75 Å². The highest BCUT2D eigenvalue weighted by Gasteiger charge is 2.29. The highest BCUT2D eigenvalue weighted by Crippen LogP contribution is 2.30. The molecule has 0 aliphatic carbocycles. The molecule has 0 unspecified atom stereocenters. The lowest BCUT2D eigenvalue weighted by Gasteiger charge is -2.27. The van der Waals surface area contributed by atoms with Crippen LogP contribution in [0.5, 0.6) is 5.75 Å². The van der Waals surface area contributed by atoms with Crippen LogP contribution < -0.4 is 15.4 Å². The number of benzene rings is 1. The van der Waals surface area contributed by atoms with E-state index >= 15 is 0 Å². The van der Waals surface area contributed by atoms with E-state index in [-0.39, 0.29) is 4.90 Å². The summed E-state index contributed by atoms with van der Waals surface area (Å²) in [5.74, 6) is 0.307. The van der Waals surface area contributed by atoms with E-state index in [1.165, 1.54) is 11.4 Å². The molecule has 7 nitrogen and oxygen atoms in total. The van der Waals surface area contributed by atoms with Crippen molar-refractivity contribution in [1.29, 1.82) is 0 Å². The maximum Gasteiger partial charge on any atom is 0.246 e. The molecule has 9 heteroatoms. The van der Waals surface area contributed by atoms with Crippen LogP contribution in [0.4, 0.5) is 5.69 Å². The van der Waals surface area contributed by atoms with Crippen molar-refractivity contribution in [2.24, 2.45) is 0 Å². The first-order chi connectivity index (χ1) is 12.0. The molecule has 0 atom stereocenters. The summed E-state index contributed by atoms with van der Waals surface area (Å²) in [4.78, 5) is 0.123. The average molecular weight is 388 g/mol. The Balaban J connectivity index is 2.20. The van der Waals surface area contributed by atoms with Crippen LogP contribution in [-0.4, -0.2) is 57.8 Å². The van der Waals surface area contributed by atoms with Crippen LogP contribution in [0.25, 0.3) is 0 Å². The van der Waals surface area contributed by atoms with Crippen molar-refractivity contribution in [3.63, 3.8) is 0 Å².